The number of ether oxygens (including phenoxy) is 2. The number of amides is 1. The van der Waals surface area contributed by atoms with Crippen molar-refractivity contribution in [3.05, 3.63) is 23.8 Å². The number of carboxylic acids is 1. The van der Waals surface area contributed by atoms with E-state index in [9.17, 15) is 9.59 Å². The molecule has 0 aliphatic heterocycles. The fourth-order valence-corrected chi connectivity index (χ4v) is 2.95. The van der Waals surface area contributed by atoms with E-state index in [-0.39, 0.29) is 17.7 Å². The molecule has 0 saturated heterocycles. The van der Waals surface area contributed by atoms with Crippen LogP contribution >= 0.6 is 0 Å². The lowest BCUT2D eigenvalue weighted by Gasteiger charge is -2.12. The molecular formula is C17H23NO5. The molecule has 1 saturated carbocycles. The van der Waals surface area contributed by atoms with Crippen LogP contribution < -0.4 is 14.8 Å². The molecule has 1 aliphatic rings. The van der Waals surface area contributed by atoms with Gasteiger partial charge in [0, 0.05) is 12.5 Å². The third-order valence-electron chi connectivity index (χ3n) is 4.31. The molecule has 6 heteroatoms. The van der Waals surface area contributed by atoms with E-state index in [0.717, 1.165) is 5.56 Å². The highest BCUT2D eigenvalue weighted by molar-refractivity contribution is 5.80. The van der Waals surface area contributed by atoms with E-state index in [1.165, 1.54) is 0 Å². The minimum atomic E-state index is -0.800. The van der Waals surface area contributed by atoms with Gasteiger partial charge < -0.3 is 19.9 Å². The molecule has 23 heavy (non-hydrogen) atoms. The molecule has 0 bridgehead atoms. The Kier molecular flexibility index (Phi) is 5.84. The molecule has 0 heterocycles. The average Bonchev–Trinajstić information content (AvgIpc) is 3.05. The summed E-state index contributed by atoms with van der Waals surface area (Å²) in [6.07, 6.45) is 2.36. The van der Waals surface area contributed by atoms with Gasteiger partial charge in [0.1, 0.15) is 0 Å². The number of carbonyl (C=O) groups is 2. The largest absolute Gasteiger partial charge is 0.493 e. The van der Waals surface area contributed by atoms with E-state index in [4.69, 9.17) is 14.6 Å². The smallest absolute Gasteiger partial charge is 0.306 e. The van der Waals surface area contributed by atoms with E-state index in [2.05, 4.69) is 5.32 Å². The molecular weight excluding hydrogens is 298 g/mol. The standard InChI is InChI=1S/C17H23NO5/c1-22-14-6-3-11(9-15(14)23-2)7-8-18-16(19)12-4-5-13(10-12)17(20)21/h3,6,9,12-13H,4-5,7-8,10H2,1-2H3,(H,18,19)(H,20,21)/t12-,13+/m1/s1. The third-order valence-corrected chi connectivity index (χ3v) is 4.31. The van der Waals surface area contributed by atoms with Gasteiger partial charge in [-0.1, -0.05) is 6.07 Å². The fraction of sp³-hybridized carbons (Fsp3) is 0.529. The molecule has 126 valence electrons. The van der Waals surface area contributed by atoms with Gasteiger partial charge in [0.05, 0.1) is 20.1 Å². The Bertz CT molecular complexity index is 572. The van der Waals surface area contributed by atoms with Crippen LogP contribution in [-0.4, -0.2) is 37.7 Å². The van der Waals surface area contributed by atoms with Crippen LogP contribution in [0.1, 0.15) is 24.8 Å². The molecule has 6 nitrogen and oxygen atoms in total. The summed E-state index contributed by atoms with van der Waals surface area (Å²) in [4.78, 5) is 23.0. The predicted octanol–water partition coefficient (Wildman–Crippen LogP) is 1.86. The number of methoxy groups -OCH3 is 2. The number of aliphatic carboxylic acids is 1. The third kappa shape index (κ3) is 4.37. The van der Waals surface area contributed by atoms with Crippen LogP contribution in [0.2, 0.25) is 0 Å². The zero-order valence-electron chi connectivity index (χ0n) is 13.5. The SMILES string of the molecule is COc1ccc(CCNC(=O)[C@@H]2CC[C@H](C(=O)O)C2)cc1OC. The van der Waals surface area contributed by atoms with Gasteiger partial charge >= 0.3 is 5.97 Å². The summed E-state index contributed by atoms with van der Waals surface area (Å²) in [5.41, 5.74) is 1.04. The summed E-state index contributed by atoms with van der Waals surface area (Å²) < 4.78 is 10.4. The van der Waals surface area contributed by atoms with Crippen molar-refractivity contribution in [1.29, 1.82) is 0 Å². The second-order valence-corrected chi connectivity index (χ2v) is 5.78. The van der Waals surface area contributed by atoms with Gasteiger partial charge in [0.15, 0.2) is 11.5 Å². The van der Waals surface area contributed by atoms with Crippen molar-refractivity contribution in [3.8, 4) is 11.5 Å². The molecule has 0 radical (unpaired) electrons. The zero-order valence-corrected chi connectivity index (χ0v) is 13.5. The van der Waals surface area contributed by atoms with Gasteiger partial charge in [-0.05, 0) is 43.4 Å². The summed E-state index contributed by atoms with van der Waals surface area (Å²) in [6.45, 7) is 0.516. The highest BCUT2D eigenvalue weighted by Crippen LogP contribution is 2.31. The maximum atomic E-state index is 12.1. The number of nitrogens with one attached hydrogen (secondary N) is 1. The van der Waals surface area contributed by atoms with Crippen LogP contribution in [0.3, 0.4) is 0 Å². The second-order valence-electron chi connectivity index (χ2n) is 5.78. The lowest BCUT2D eigenvalue weighted by atomic mass is 10.0. The first-order chi connectivity index (χ1) is 11.0. The quantitative estimate of drug-likeness (QED) is 0.801. The van der Waals surface area contributed by atoms with Crippen LogP contribution in [-0.2, 0) is 16.0 Å². The molecule has 0 spiro atoms. The Morgan fingerprint density at radius 3 is 2.48 bits per heavy atom. The summed E-state index contributed by atoms with van der Waals surface area (Å²) >= 11 is 0. The highest BCUT2D eigenvalue weighted by atomic mass is 16.5. The Labute approximate surface area is 135 Å². The van der Waals surface area contributed by atoms with Crippen molar-refractivity contribution in [2.45, 2.75) is 25.7 Å². The number of hydrogen-bond donors (Lipinski definition) is 2. The number of rotatable bonds is 7. The lowest BCUT2D eigenvalue weighted by Crippen LogP contribution is -2.31. The fourth-order valence-electron chi connectivity index (χ4n) is 2.95. The Balaban J connectivity index is 1.81. The van der Waals surface area contributed by atoms with Crippen LogP contribution in [0, 0.1) is 11.8 Å². The summed E-state index contributed by atoms with van der Waals surface area (Å²) in [5, 5.41) is 11.9. The molecule has 2 rings (SSSR count). The van der Waals surface area contributed by atoms with Crippen LogP contribution in [0.5, 0.6) is 11.5 Å². The lowest BCUT2D eigenvalue weighted by molar-refractivity contribution is -0.141. The van der Waals surface area contributed by atoms with Crippen LogP contribution in [0.15, 0.2) is 18.2 Å². The molecule has 1 aliphatic carbocycles. The topological polar surface area (TPSA) is 84.9 Å². The number of benzene rings is 1. The second kappa shape index (κ2) is 7.85. The monoisotopic (exact) mass is 321 g/mol. The number of carboxylic acid groups (broad SMARTS) is 1. The summed E-state index contributed by atoms with van der Waals surface area (Å²) in [7, 11) is 3.17. The van der Waals surface area contributed by atoms with E-state index < -0.39 is 5.97 Å². The molecule has 1 amide bonds. The normalized spacial score (nSPS) is 20.1. The van der Waals surface area contributed by atoms with Crippen molar-refractivity contribution in [2.24, 2.45) is 11.8 Å². The van der Waals surface area contributed by atoms with Crippen molar-refractivity contribution in [3.63, 3.8) is 0 Å². The van der Waals surface area contributed by atoms with Crippen molar-refractivity contribution in [2.75, 3.05) is 20.8 Å². The first kappa shape index (κ1) is 17.1. The van der Waals surface area contributed by atoms with Gasteiger partial charge in [0.25, 0.3) is 0 Å². The first-order valence-corrected chi connectivity index (χ1v) is 7.76. The van der Waals surface area contributed by atoms with Crippen LogP contribution in [0.4, 0.5) is 0 Å². The van der Waals surface area contributed by atoms with Gasteiger partial charge in [-0.2, -0.15) is 0 Å². The molecule has 2 atom stereocenters. The molecule has 1 fully saturated rings. The zero-order chi connectivity index (χ0) is 16.8. The van der Waals surface area contributed by atoms with E-state index in [1.54, 1.807) is 14.2 Å². The van der Waals surface area contributed by atoms with E-state index >= 15 is 0 Å². The first-order valence-electron chi connectivity index (χ1n) is 7.76. The van der Waals surface area contributed by atoms with Crippen LogP contribution in [0.25, 0.3) is 0 Å². The summed E-state index contributed by atoms with van der Waals surface area (Å²) in [5.74, 6) is -0.0691. The van der Waals surface area contributed by atoms with Crippen molar-refractivity contribution < 1.29 is 24.2 Å². The molecule has 1 aromatic rings. The van der Waals surface area contributed by atoms with Gasteiger partial charge in [0.2, 0.25) is 5.91 Å². The summed E-state index contributed by atoms with van der Waals surface area (Å²) in [6, 6.07) is 5.66. The predicted molar refractivity (Wildman–Crippen MR) is 84.7 cm³/mol. The maximum Gasteiger partial charge on any atom is 0.306 e. The Morgan fingerprint density at radius 1 is 1.17 bits per heavy atom. The Morgan fingerprint density at radius 2 is 1.87 bits per heavy atom. The molecule has 0 aromatic heterocycles. The minimum Gasteiger partial charge on any atom is -0.493 e. The number of carbonyl (C=O) groups excluding carboxylic acids is 1. The molecule has 0 unspecified atom stereocenters. The molecule has 1 aromatic carbocycles. The number of hydrogen-bond acceptors (Lipinski definition) is 4. The van der Waals surface area contributed by atoms with Gasteiger partial charge in [-0.3, -0.25) is 9.59 Å². The maximum absolute atomic E-state index is 12.1. The van der Waals surface area contributed by atoms with Crippen molar-refractivity contribution >= 4 is 11.9 Å². The van der Waals surface area contributed by atoms with Gasteiger partial charge in [-0.15, -0.1) is 0 Å². The molecule has 2 N–H and O–H groups in total. The Hall–Kier alpha value is -2.24. The minimum absolute atomic E-state index is 0.0470. The van der Waals surface area contributed by atoms with E-state index in [1.807, 2.05) is 18.2 Å². The van der Waals surface area contributed by atoms with Crippen molar-refractivity contribution in [1.82, 2.24) is 5.32 Å². The highest BCUT2D eigenvalue weighted by Gasteiger charge is 2.33. The average molecular weight is 321 g/mol. The van der Waals surface area contributed by atoms with Gasteiger partial charge in [-0.25, -0.2) is 0 Å². The van der Waals surface area contributed by atoms with E-state index in [0.29, 0.717) is 43.7 Å².